The van der Waals surface area contributed by atoms with Gasteiger partial charge in [0.2, 0.25) is 17.7 Å². The average Bonchev–Trinajstić information content (AvgIpc) is 2.48. The molecule has 0 fully saturated rings. The smallest absolute Gasteiger partial charge is 0.328 e. The first kappa shape index (κ1) is 21.1. The standard InChI is InChI=1S/C12H22N4O6S/c1-5(14-8(18)3-13)10(19)15-7(4-23)11(20)16-9(6(2)17)12(21)22/h5-7,9,17,23H,3-4,13H2,1-2H3,(H,14,18)(H,15,19)(H,16,20)(H,21,22). The molecule has 0 aromatic rings. The van der Waals surface area contributed by atoms with Crippen molar-refractivity contribution in [3.05, 3.63) is 0 Å². The van der Waals surface area contributed by atoms with Gasteiger partial charge in [-0.25, -0.2) is 4.79 Å². The first-order chi connectivity index (χ1) is 10.6. The minimum Gasteiger partial charge on any atom is -0.480 e. The van der Waals surface area contributed by atoms with Crippen LogP contribution in [0.25, 0.3) is 0 Å². The molecule has 0 saturated carbocycles. The fraction of sp³-hybridized carbons (Fsp3) is 0.667. The molecule has 0 heterocycles. The summed E-state index contributed by atoms with van der Waals surface area (Å²) in [6.07, 6.45) is -1.32. The van der Waals surface area contributed by atoms with Gasteiger partial charge in [-0.1, -0.05) is 0 Å². The van der Waals surface area contributed by atoms with E-state index in [0.717, 1.165) is 0 Å². The van der Waals surface area contributed by atoms with Crippen LogP contribution in [0.3, 0.4) is 0 Å². The Hall–Kier alpha value is -1.85. The van der Waals surface area contributed by atoms with E-state index in [-0.39, 0.29) is 12.3 Å². The largest absolute Gasteiger partial charge is 0.480 e. The number of hydrogen-bond donors (Lipinski definition) is 7. The summed E-state index contributed by atoms with van der Waals surface area (Å²) in [7, 11) is 0. The van der Waals surface area contributed by atoms with E-state index >= 15 is 0 Å². The van der Waals surface area contributed by atoms with E-state index in [9.17, 15) is 24.3 Å². The zero-order valence-corrected chi connectivity index (χ0v) is 13.7. The predicted octanol–water partition coefficient (Wildman–Crippen LogP) is -3.19. The van der Waals surface area contributed by atoms with E-state index < -0.39 is 47.9 Å². The molecule has 10 nitrogen and oxygen atoms in total. The van der Waals surface area contributed by atoms with Gasteiger partial charge in [0, 0.05) is 5.75 Å². The molecule has 4 unspecified atom stereocenters. The van der Waals surface area contributed by atoms with E-state index in [0.29, 0.717) is 0 Å². The number of carboxylic acid groups (broad SMARTS) is 1. The topological polar surface area (TPSA) is 171 Å². The quantitative estimate of drug-likeness (QED) is 0.215. The van der Waals surface area contributed by atoms with Crippen molar-refractivity contribution in [2.75, 3.05) is 12.3 Å². The number of rotatable bonds is 9. The maximum absolute atomic E-state index is 12.0. The number of carbonyl (C=O) groups is 4. The minimum atomic E-state index is -1.52. The number of nitrogens with two attached hydrogens (primary N) is 1. The lowest BCUT2D eigenvalue weighted by Crippen LogP contribution is -2.57. The second-order valence-electron chi connectivity index (χ2n) is 4.80. The van der Waals surface area contributed by atoms with Gasteiger partial charge in [0.15, 0.2) is 6.04 Å². The number of aliphatic carboxylic acids is 1. The van der Waals surface area contributed by atoms with Crippen LogP contribution in [0.4, 0.5) is 0 Å². The number of carbonyl (C=O) groups excluding carboxylic acids is 3. The van der Waals surface area contributed by atoms with Crippen LogP contribution in [0.1, 0.15) is 13.8 Å². The number of aliphatic hydroxyl groups excluding tert-OH is 1. The van der Waals surface area contributed by atoms with E-state index in [4.69, 9.17) is 10.8 Å². The number of carboxylic acids is 1. The first-order valence-electron chi connectivity index (χ1n) is 6.75. The summed E-state index contributed by atoms with van der Waals surface area (Å²) in [5.41, 5.74) is 5.11. The molecule has 0 saturated heterocycles. The number of hydrogen-bond acceptors (Lipinski definition) is 7. The zero-order chi connectivity index (χ0) is 18.2. The summed E-state index contributed by atoms with van der Waals surface area (Å²) in [4.78, 5) is 45.9. The SMILES string of the molecule is CC(NC(=O)CN)C(=O)NC(CS)C(=O)NC(C(=O)O)C(C)O. The van der Waals surface area contributed by atoms with Crippen molar-refractivity contribution in [2.24, 2.45) is 5.73 Å². The highest BCUT2D eigenvalue weighted by Gasteiger charge is 2.29. The molecule has 4 atom stereocenters. The van der Waals surface area contributed by atoms with Crippen LogP contribution in [0.5, 0.6) is 0 Å². The average molecular weight is 350 g/mol. The molecule has 0 aliphatic rings. The van der Waals surface area contributed by atoms with Gasteiger partial charge in [0.05, 0.1) is 12.6 Å². The summed E-state index contributed by atoms with van der Waals surface area (Å²) in [5, 5.41) is 25.0. The fourth-order valence-corrected chi connectivity index (χ4v) is 1.76. The normalized spacial score (nSPS) is 15.7. The van der Waals surface area contributed by atoms with Crippen LogP contribution in [-0.4, -0.2) is 70.4 Å². The molecule has 0 aromatic heterocycles. The van der Waals surface area contributed by atoms with E-state index in [1.54, 1.807) is 0 Å². The Bertz CT molecular complexity index is 459. The Morgan fingerprint density at radius 3 is 2.04 bits per heavy atom. The summed E-state index contributed by atoms with van der Waals surface area (Å²) in [5.74, 6) is -3.55. The van der Waals surface area contributed by atoms with Crippen LogP contribution in [0.15, 0.2) is 0 Å². The summed E-state index contributed by atoms with van der Waals surface area (Å²) >= 11 is 3.92. The summed E-state index contributed by atoms with van der Waals surface area (Å²) in [6.45, 7) is 2.31. The van der Waals surface area contributed by atoms with Crippen molar-refractivity contribution >= 4 is 36.3 Å². The van der Waals surface area contributed by atoms with Crippen molar-refractivity contribution in [2.45, 2.75) is 38.1 Å². The maximum atomic E-state index is 12.0. The second kappa shape index (κ2) is 10.0. The van der Waals surface area contributed by atoms with Crippen molar-refractivity contribution in [1.29, 1.82) is 0 Å². The Labute approximate surface area is 138 Å². The van der Waals surface area contributed by atoms with Crippen LogP contribution < -0.4 is 21.7 Å². The summed E-state index contributed by atoms with van der Waals surface area (Å²) in [6, 6.07) is -3.59. The lowest BCUT2D eigenvalue weighted by molar-refractivity contribution is -0.145. The lowest BCUT2D eigenvalue weighted by Gasteiger charge is -2.23. The summed E-state index contributed by atoms with van der Waals surface area (Å²) < 4.78 is 0. The van der Waals surface area contributed by atoms with Gasteiger partial charge in [-0.3, -0.25) is 14.4 Å². The van der Waals surface area contributed by atoms with Crippen molar-refractivity contribution in [1.82, 2.24) is 16.0 Å². The highest BCUT2D eigenvalue weighted by molar-refractivity contribution is 7.80. The molecule has 0 aromatic carbocycles. The van der Waals surface area contributed by atoms with Crippen LogP contribution in [-0.2, 0) is 19.2 Å². The van der Waals surface area contributed by atoms with E-state index in [2.05, 4.69) is 28.6 Å². The molecular formula is C12H22N4O6S. The maximum Gasteiger partial charge on any atom is 0.328 e. The van der Waals surface area contributed by atoms with Gasteiger partial charge < -0.3 is 31.9 Å². The Morgan fingerprint density at radius 2 is 1.65 bits per heavy atom. The predicted molar refractivity (Wildman–Crippen MR) is 83.7 cm³/mol. The second-order valence-corrected chi connectivity index (χ2v) is 5.17. The van der Waals surface area contributed by atoms with Gasteiger partial charge in [-0.2, -0.15) is 12.6 Å². The number of aliphatic hydroxyl groups is 1. The third-order valence-corrected chi connectivity index (χ3v) is 3.18. The monoisotopic (exact) mass is 350 g/mol. The molecule has 0 spiro atoms. The van der Waals surface area contributed by atoms with Gasteiger partial charge >= 0.3 is 5.97 Å². The van der Waals surface area contributed by atoms with Crippen molar-refractivity contribution < 1.29 is 29.4 Å². The third kappa shape index (κ3) is 7.30. The Balaban J connectivity index is 4.75. The van der Waals surface area contributed by atoms with Crippen molar-refractivity contribution in [3.63, 3.8) is 0 Å². The van der Waals surface area contributed by atoms with Crippen LogP contribution in [0, 0.1) is 0 Å². The van der Waals surface area contributed by atoms with Gasteiger partial charge in [0.25, 0.3) is 0 Å². The molecule has 7 N–H and O–H groups in total. The van der Waals surface area contributed by atoms with Crippen molar-refractivity contribution in [3.8, 4) is 0 Å². The molecule has 132 valence electrons. The van der Waals surface area contributed by atoms with Crippen LogP contribution in [0.2, 0.25) is 0 Å². The van der Waals surface area contributed by atoms with Gasteiger partial charge in [0.1, 0.15) is 12.1 Å². The highest BCUT2D eigenvalue weighted by atomic mass is 32.1. The molecule has 0 aliphatic heterocycles. The minimum absolute atomic E-state index is 0.110. The molecule has 0 radical (unpaired) electrons. The number of thiol groups is 1. The van der Waals surface area contributed by atoms with Crippen LogP contribution >= 0.6 is 12.6 Å². The van der Waals surface area contributed by atoms with E-state index in [1.807, 2.05) is 0 Å². The third-order valence-electron chi connectivity index (χ3n) is 2.82. The first-order valence-corrected chi connectivity index (χ1v) is 7.39. The molecule has 0 bridgehead atoms. The van der Waals surface area contributed by atoms with Gasteiger partial charge in [-0.15, -0.1) is 0 Å². The number of amides is 3. The Morgan fingerprint density at radius 1 is 1.09 bits per heavy atom. The number of nitrogens with one attached hydrogen (secondary N) is 3. The van der Waals surface area contributed by atoms with Gasteiger partial charge in [-0.05, 0) is 13.8 Å². The zero-order valence-electron chi connectivity index (χ0n) is 12.8. The molecule has 0 rings (SSSR count). The highest BCUT2D eigenvalue weighted by Crippen LogP contribution is 1.97. The fourth-order valence-electron chi connectivity index (χ4n) is 1.50. The molecule has 11 heteroatoms. The molecule has 23 heavy (non-hydrogen) atoms. The molecule has 0 aliphatic carbocycles. The lowest BCUT2D eigenvalue weighted by atomic mass is 10.1. The molecular weight excluding hydrogens is 328 g/mol. The van der Waals surface area contributed by atoms with E-state index in [1.165, 1.54) is 13.8 Å². The molecule has 3 amide bonds. The Kier molecular flexibility index (Phi) is 9.22.